The number of imidazole rings is 1. The monoisotopic (exact) mass is 476 g/mol. The normalized spacial score (nSPS) is 11.4. The Bertz CT molecular complexity index is 1650. The molecule has 0 aliphatic heterocycles. The lowest BCUT2D eigenvalue weighted by Gasteiger charge is -2.06. The first-order valence-electron chi connectivity index (χ1n) is 10.1. The number of aromatic nitrogens is 2. The molecule has 0 radical (unpaired) electrons. The molecule has 8 heteroatoms. The van der Waals surface area contributed by atoms with Gasteiger partial charge in [0.1, 0.15) is 11.6 Å². The fourth-order valence-electron chi connectivity index (χ4n) is 3.96. The highest BCUT2D eigenvalue weighted by Gasteiger charge is 2.26. The first-order chi connectivity index (χ1) is 15.8. The zero-order valence-electron chi connectivity index (χ0n) is 18.4. The summed E-state index contributed by atoms with van der Waals surface area (Å²) in [5.41, 5.74) is 6.04. The predicted molar refractivity (Wildman–Crippen MR) is 131 cm³/mol. The second kappa shape index (κ2) is 8.87. The Balaban J connectivity index is 0.000000200. The molecule has 6 nitrogen and oxygen atoms in total. The van der Waals surface area contributed by atoms with Gasteiger partial charge in [0.05, 0.1) is 11.9 Å². The molecule has 0 bridgehead atoms. The molecule has 2 aromatic heterocycles. The van der Waals surface area contributed by atoms with E-state index in [4.69, 9.17) is 4.55 Å². The van der Waals surface area contributed by atoms with Crippen molar-refractivity contribution in [3.63, 3.8) is 0 Å². The number of nitrogens with zero attached hydrogens (tertiary/aromatic N) is 3. The Morgan fingerprint density at radius 3 is 2.18 bits per heavy atom. The topological polar surface area (TPSA) is 86.5 Å². The van der Waals surface area contributed by atoms with Crippen LogP contribution in [0.1, 0.15) is 11.1 Å². The van der Waals surface area contributed by atoms with E-state index in [-0.39, 0.29) is 4.90 Å². The van der Waals surface area contributed by atoms with Gasteiger partial charge in [-0.15, -0.1) is 11.8 Å². The Labute approximate surface area is 196 Å². The highest BCUT2D eigenvalue weighted by atomic mass is 32.2. The summed E-state index contributed by atoms with van der Waals surface area (Å²) in [7, 11) is -1.99. The SMILES string of the molecule is CSc1c(C#N)c2n(c3ccccc13)c1ccccc1[n+]2C.Cc1ccc(S(=O)(=O)O)cc1. The van der Waals surface area contributed by atoms with Crippen molar-refractivity contribution < 1.29 is 17.5 Å². The van der Waals surface area contributed by atoms with E-state index in [1.54, 1.807) is 23.9 Å². The maximum absolute atomic E-state index is 10.5. The van der Waals surface area contributed by atoms with Crippen molar-refractivity contribution in [3.05, 3.63) is 83.9 Å². The van der Waals surface area contributed by atoms with Crippen molar-refractivity contribution in [2.24, 2.45) is 7.05 Å². The number of aryl methyl sites for hydroxylation is 2. The van der Waals surface area contributed by atoms with Gasteiger partial charge in [0.2, 0.25) is 0 Å². The van der Waals surface area contributed by atoms with Crippen LogP contribution in [0.4, 0.5) is 0 Å². The maximum Gasteiger partial charge on any atom is 0.306 e. The largest absolute Gasteiger partial charge is 0.306 e. The van der Waals surface area contributed by atoms with Gasteiger partial charge in [-0.05, 0) is 49.6 Å². The van der Waals surface area contributed by atoms with Gasteiger partial charge in [-0.3, -0.25) is 4.55 Å². The van der Waals surface area contributed by atoms with Gasteiger partial charge in [0.25, 0.3) is 10.1 Å². The van der Waals surface area contributed by atoms with Gasteiger partial charge in [-0.2, -0.15) is 18.1 Å². The molecule has 33 heavy (non-hydrogen) atoms. The summed E-state index contributed by atoms with van der Waals surface area (Å²) in [6.45, 7) is 1.84. The summed E-state index contributed by atoms with van der Waals surface area (Å²) >= 11 is 1.63. The van der Waals surface area contributed by atoms with Gasteiger partial charge in [-0.1, -0.05) is 42.0 Å². The second-order valence-corrected chi connectivity index (χ2v) is 9.77. The summed E-state index contributed by atoms with van der Waals surface area (Å²) < 4.78 is 33.9. The molecular formula is C25H22N3O3S2+. The Kier molecular flexibility index (Phi) is 6.13. The minimum absolute atomic E-state index is 0.0666. The van der Waals surface area contributed by atoms with Gasteiger partial charge in [0, 0.05) is 10.3 Å². The number of hydrogen-bond donors (Lipinski definition) is 1. The van der Waals surface area contributed by atoms with Crippen LogP contribution in [-0.2, 0) is 17.2 Å². The molecular weight excluding hydrogens is 454 g/mol. The molecule has 0 amide bonds. The fourth-order valence-corrected chi connectivity index (χ4v) is 5.17. The summed E-state index contributed by atoms with van der Waals surface area (Å²) in [4.78, 5) is 0.979. The standard InChI is InChI=1S/C18H14N3S.C7H8O3S/c1-20-15-9-5-6-10-16(15)21-14-8-4-3-7-12(14)17(22-2)13(11-19)18(20)21;1-6-2-4-7(5-3-6)11(8,9)10/h3-10H,1-2H3;2-5H,1H3,(H,8,9,10)/q+1;. The molecule has 0 unspecified atom stereocenters. The van der Waals surface area contributed by atoms with Crippen LogP contribution in [0.3, 0.4) is 0 Å². The smallest absolute Gasteiger partial charge is 0.282 e. The van der Waals surface area contributed by atoms with E-state index >= 15 is 0 Å². The molecule has 1 N–H and O–H groups in total. The van der Waals surface area contributed by atoms with E-state index in [1.807, 2.05) is 44.5 Å². The number of nitriles is 1. The van der Waals surface area contributed by atoms with Gasteiger partial charge in [0.15, 0.2) is 16.6 Å². The number of fused-ring (bicyclic) bond motifs is 5. The third-order valence-corrected chi connectivity index (χ3v) is 7.19. The zero-order valence-corrected chi connectivity index (χ0v) is 20.0. The second-order valence-electron chi connectivity index (χ2n) is 7.53. The molecule has 2 heterocycles. The van der Waals surface area contributed by atoms with Crippen LogP contribution in [0.5, 0.6) is 0 Å². The summed E-state index contributed by atoms with van der Waals surface area (Å²) in [5.74, 6) is 0. The Hall–Kier alpha value is -3.38. The van der Waals surface area contributed by atoms with E-state index in [0.717, 1.165) is 43.6 Å². The quantitative estimate of drug-likeness (QED) is 0.222. The van der Waals surface area contributed by atoms with Crippen LogP contribution < -0.4 is 4.57 Å². The number of thioether (sulfide) groups is 1. The molecule has 166 valence electrons. The molecule has 5 rings (SSSR count). The molecule has 0 saturated carbocycles. The van der Waals surface area contributed by atoms with E-state index in [0.29, 0.717) is 0 Å². The molecule has 0 saturated heterocycles. The minimum atomic E-state index is -4.02. The van der Waals surface area contributed by atoms with Crippen molar-refractivity contribution >= 4 is 49.5 Å². The summed E-state index contributed by atoms with van der Waals surface area (Å²) in [5, 5.41) is 10.9. The average molecular weight is 477 g/mol. The number of benzene rings is 3. The Morgan fingerprint density at radius 2 is 1.58 bits per heavy atom. The molecule has 5 aromatic rings. The van der Waals surface area contributed by atoms with Crippen molar-refractivity contribution in [1.29, 1.82) is 5.26 Å². The van der Waals surface area contributed by atoms with Crippen LogP contribution in [0.25, 0.3) is 27.6 Å². The fraction of sp³-hybridized carbons (Fsp3) is 0.120. The van der Waals surface area contributed by atoms with Gasteiger partial charge < -0.3 is 0 Å². The number of para-hydroxylation sites is 3. The van der Waals surface area contributed by atoms with E-state index in [9.17, 15) is 13.7 Å². The highest BCUT2D eigenvalue weighted by molar-refractivity contribution is 7.98. The van der Waals surface area contributed by atoms with Crippen molar-refractivity contribution in [2.45, 2.75) is 16.7 Å². The lowest BCUT2D eigenvalue weighted by molar-refractivity contribution is -0.618. The van der Waals surface area contributed by atoms with Crippen LogP contribution >= 0.6 is 11.8 Å². The van der Waals surface area contributed by atoms with Crippen LogP contribution in [0, 0.1) is 18.3 Å². The highest BCUT2D eigenvalue weighted by Crippen LogP contribution is 2.33. The number of hydrogen-bond acceptors (Lipinski definition) is 4. The molecule has 0 aliphatic rings. The third-order valence-electron chi connectivity index (χ3n) is 5.49. The molecule has 0 atom stereocenters. The lowest BCUT2D eigenvalue weighted by Crippen LogP contribution is -2.28. The molecule has 0 spiro atoms. The van der Waals surface area contributed by atoms with Crippen molar-refractivity contribution in [1.82, 2.24) is 4.40 Å². The van der Waals surface area contributed by atoms with Gasteiger partial charge in [-0.25, -0.2) is 4.57 Å². The average Bonchev–Trinajstić information content (AvgIpc) is 3.11. The zero-order chi connectivity index (χ0) is 23.8. The molecule has 3 aromatic carbocycles. The summed E-state index contributed by atoms with van der Waals surface area (Å²) in [6, 6.07) is 25.0. The number of pyridine rings is 1. The summed E-state index contributed by atoms with van der Waals surface area (Å²) in [6.07, 6.45) is 2.03. The first-order valence-corrected chi connectivity index (χ1v) is 12.8. The van der Waals surface area contributed by atoms with Gasteiger partial charge >= 0.3 is 5.65 Å². The maximum atomic E-state index is 10.5. The van der Waals surface area contributed by atoms with Crippen molar-refractivity contribution in [3.8, 4) is 6.07 Å². The van der Waals surface area contributed by atoms with Crippen molar-refractivity contribution in [2.75, 3.05) is 6.26 Å². The first kappa shape index (κ1) is 22.8. The van der Waals surface area contributed by atoms with E-state index in [2.05, 4.69) is 39.3 Å². The Morgan fingerprint density at radius 1 is 0.970 bits per heavy atom. The molecule has 0 aliphatic carbocycles. The van der Waals surface area contributed by atoms with Crippen LogP contribution in [0.15, 0.2) is 82.6 Å². The lowest BCUT2D eigenvalue weighted by atomic mass is 10.1. The predicted octanol–water partition coefficient (Wildman–Crippen LogP) is 4.91. The van der Waals surface area contributed by atoms with E-state index < -0.39 is 10.1 Å². The van der Waals surface area contributed by atoms with Crippen LogP contribution in [0.2, 0.25) is 0 Å². The number of rotatable bonds is 2. The minimum Gasteiger partial charge on any atom is -0.282 e. The molecule has 0 fully saturated rings. The van der Waals surface area contributed by atoms with E-state index in [1.165, 1.54) is 12.1 Å². The van der Waals surface area contributed by atoms with Crippen LogP contribution in [-0.4, -0.2) is 23.6 Å². The third kappa shape index (κ3) is 4.07.